The second-order valence-electron chi connectivity index (χ2n) is 7.00. The van der Waals surface area contributed by atoms with Gasteiger partial charge in [0.15, 0.2) is 6.20 Å². The Labute approximate surface area is 176 Å². The van der Waals surface area contributed by atoms with Crippen molar-refractivity contribution in [2.24, 2.45) is 5.73 Å². The van der Waals surface area contributed by atoms with Crippen LogP contribution in [0.3, 0.4) is 0 Å². The molecule has 0 aliphatic rings. The van der Waals surface area contributed by atoms with Crippen LogP contribution in [0.5, 0.6) is 11.5 Å². The van der Waals surface area contributed by atoms with Crippen molar-refractivity contribution in [1.82, 2.24) is 5.32 Å². The van der Waals surface area contributed by atoms with Crippen LogP contribution < -0.4 is 20.8 Å². The minimum atomic E-state index is -0.551. The van der Waals surface area contributed by atoms with Gasteiger partial charge in [-0.1, -0.05) is 37.6 Å². The first-order chi connectivity index (χ1) is 14.5. The van der Waals surface area contributed by atoms with Gasteiger partial charge in [-0.05, 0) is 48.2 Å². The topological polar surface area (TPSA) is 95.6 Å². The lowest BCUT2D eigenvalue weighted by molar-refractivity contribution is -0.382. The summed E-state index contributed by atoms with van der Waals surface area (Å²) in [5.74, 6) is 0.529. The van der Waals surface area contributed by atoms with E-state index >= 15 is 0 Å². The Kier molecular flexibility index (Phi) is 7.16. The molecule has 1 heterocycles. The number of pyridine rings is 1. The number of amides is 2. The van der Waals surface area contributed by atoms with Crippen LogP contribution in [0.1, 0.15) is 45.3 Å². The van der Waals surface area contributed by atoms with Crippen LogP contribution in [-0.4, -0.2) is 18.4 Å². The van der Waals surface area contributed by atoms with E-state index in [1.165, 1.54) is 5.56 Å². The highest BCUT2D eigenvalue weighted by Crippen LogP contribution is 2.22. The molecular weight excluding hydrogens is 378 g/mol. The maximum Gasteiger partial charge on any atom is 0.313 e. The standard InChI is InChI=1S/C24H25N3O3/c1-2-4-17-7-9-19(10-8-17)24(29)27-13-11-18-5-3-6-20(15-18)30-21-12-14-26-22(16-21)23(25)28/h3,5-10,12,14-16H,2,4,11,13H2,1H3,(H2,25,28)(H,27,29)/p+1. The third-order valence-electron chi connectivity index (χ3n) is 4.63. The van der Waals surface area contributed by atoms with E-state index in [9.17, 15) is 9.59 Å². The summed E-state index contributed by atoms with van der Waals surface area (Å²) in [5, 5.41) is 2.95. The summed E-state index contributed by atoms with van der Waals surface area (Å²) in [6.07, 6.45) is 4.38. The van der Waals surface area contributed by atoms with Crippen LogP contribution >= 0.6 is 0 Å². The molecule has 0 radical (unpaired) electrons. The van der Waals surface area contributed by atoms with Gasteiger partial charge in [-0.2, -0.15) is 0 Å². The molecule has 0 bridgehead atoms. The van der Waals surface area contributed by atoms with Gasteiger partial charge in [0.1, 0.15) is 11.5 Å². The fourth-order valence-electron chi connectivity index (χ4n) is 3.09. The van der Waals surface area contributed by atoms with Gasteiger partial charge in [0, 0.05) is 18.2 Å². The highest BCUT2D eigenvalue weighted by molar-refractivity contribution is 5.94. The molecule has 0 fully saturated rings. The molecule has 0 unspecified atom stereocenters. The average Bonchev–Trinajstić information content (AvgIpc) is 2.75. The smallest absolute Gasteiger partial charge is 0.313 e. The second kappa shape index (κ2) is 10.2. The lowest BCUT2D eigenvalue weighted by Crippen LogP contribution is -2.25. The Morgan fingerprint density at radius 2 is 1.73 bits per heavy atom. The number of primary amides is 1. The first-order valence-corrected chi connectivity index (χ1v) is 10.0. The summed E-state index contributed by atoms with van der Waals surface area (Å²) < 4.78 is 5.82. The van der Waals surface area contributed by atoms with Gasteiger partial charge in [0.05, 0.1) is 6.07 Å². The van der Waals surface area contributed by atoms with E-state index in [4.69, 9.17) is 10.5 Å². The summed E-state index contributed by atoms with van der Waals surface area (Å²) in [7, 11) is 0. The summed E-state index contributed by atoms with van der Waals surface area (Å²) in [6.45, 7) is 2.66. The minimum Gasteiger partial charge on any atom is -0.457 e. The van der Waals surface area contributed by atoms with E-state index in [1.54, 1.807) is 18.3 Å². The van der Waals surface area contributed by atoms with E-state index in [1.807, 2.05) is 48.5 Å². The highest BCUT2D eigenvalue weighted by atomic mass is 16.5. The molecule has 2 aromatic carbocycles. The molecule has 30 heavy (non-hydrogen) atoms. The van der Waals surface area contributed by atoms with E-state index < -0.39 is 5.91 Å². The third kappa shape index (κ3) is 5.91. The molecule has 2 amide bonds. The number of aromatic amines is 1. The zero-order chi connectivity index (χ0) is 21.3. The Morgan fingerprint density at radius 3 is 2.47 bits per heavy atom. The monoisotopic (exact) mass is 404 g/mol. The van der Waals surface area contributed by atoms with Gasteiger partial charge >= 0.3 is 5.91 Å². The summed E-state index contributed by atoms with van der Waals surface area (Å²) in [5.41, 5.74) is 8.49. The number of hydrogen-bond donors (Lipinski definition) is 2. The van der Waals surface area contributed by atoms with E-state index in [2.05, 4.69) is 17.2 Å². The van der Waals surface area contributed by atoms with Gasteiger partial charge in [-0.3, -0.25) is 9.59 Å². The number of nitrogens with two attached hydrogens (primary N) is 1. The normalized spacial score (nSPS) is 10.4. The molecule has 3 aromatic rings. The summed E-state index contributed by atoms with van der Waals surface area (Å²) in [6, 6.07) is 18.6. The number of benzene rings is 2. The van der Waals surface area contributed by atoms with Crippen LogP contribution in [0.25, 0.3) is 0 Å². The average molecular weight is 404 g/mol. The lowest BCUT2D eigenvalue weighted by Gasteiger charge is -2.09. The van der Waals surface area contributed by atoms with Crippen molar-refractivity contribution in [2.45, 2.75) is 26.2 Å². The number of aryl methyl sites for hydroxylation is 1. The van der Waals surface area contributed by atoms with Gasteiger partial charge in [0.25, 0.3) is 11.6 Å². The Balaban J connectivity index is 1.54. The van der Waals surface area contributed by atoms with Gasteiger partial charge in [-0.25, -0.2) is 4.98 Å². The van der Waals surface area contributed by atoms with Crippen molar-refractivity contribution in [3.63, 3.8) is 0 Å². The van der Waals surface area contributed by atoms with E-state index in [0.717, 1.165) is 18.4 Å². The van der Waals surface area contributed by atoms with Gasteiger partial charge < -0.3 is 15.8 Å². The number of carbonyl (C=O) groups excluding carboxylic acids is 2. The largest absolute Gasteiger partial charge is 0.457 e. The van der Waals surface area contributed by atoms with Crippen molar-refractivity contribution in [3.05, 3.63) is 89.2 Å². The highest BCUT2D eigenvalue weighted by Gasteiger charge is 2.11. The van der Waals surface area contributed by atoms with Crippen LogP contribution in [0.4, 0.5) is 0 Å². The number of aromatic nitrogens is 1. The quantitative estimate of drug-likeness (QED) is 0.573. The first-order valence-electron chi connectivity index (χ1n) is 10.0. The molecule has 0 saturated heterocycles. The molecule has 0 atom stereocenters. The fourth-order valence-corrected chi connectivity index (χ4v) is 3.09. The zero-order valence-corrected chi connectivity index (χ0v) is 17.0. The van der Waals surface area contributed by atoms with Crippen LogP contribution in [0.15, 0.2) is 66.9 Å². The SMILES string of the molecule is CCCc1ccc(C(=O)NCCc2cccc(Oc3cc[nH+]c(C(N)=O)c3)c2)cc1. The molecule has 154 valence electrons. The number of hydrogen-bond acceptors (Lipinski definition) is 3. The fraction of sp³-hybridized carbons (Fsp3) is 0.208. The number of ether oxygens (including phenoxy) is 1. The summed E-state index contributed by atoms with van der Waals surface area (Å²) >= 11 is 0. The number of rotatable bonds is 9. The minimum absolute atomic E-state index is 0.0787. The number of nitrogens with one attached hydrogen (secondary N) is 2. The van der Waals surface area contributed by atoms with Gasteiger partial charge in [0.2, 0.25) is 0 Å². The summed E-state index contributed by atoms with van der Waals surface area (Å²) in [4.78, 5) is 26.4. The molecule has 0 aliphatic carbocycles. The molecule has 0 spiro atoms. The van der Waals surface area contributed by atoms with Crippen LogP contribution in [0.2, 0.25) is 0 Å². The van der Waals surface area contributed by atoms with Crippen molar-refractivity contribution < 1.29 is 19.3 Å². The maximum atomic E-state index is 12.3. The third-order valence-corrected chi connectivity index (χ3v) is 4.63. The predicted molar refractivity (Wildman–Crippen MR) is 115 cm³/mol. The molecule has 1 aromatic heterocycles. The number of carbonyl (C=O) groups is 2. The molecule has 3 rings (SSSR count). The maximum absolute atomic E-state index is 12.3. The van der Waals surface area contributed by atoms with Crippen LogP contribution in [0, 0.1) is 0 Å². The Hall–Kier alpha value is -3.67. The molecule has 0 aliphatic heterocycles. The van der Waals surface area contributed by atoms with E-state index in [0.29, 0.717) is 30.0 Å². The zero-order valence-electron chi connectivity index (χ0n) is 17.0. The van der Waals surface area contributed by atoms with Crippen molar-refractivity contribution in [2.75, 3.05) is 6.54 Å². The second-order valence-corrected chi connectivity index (χ2v) is 7.00. The van der Waals surface area contributed by atoms with E-state index in [-0.39, 0.29) is 11.6 Å². The first kappa shape index (κ1) is 21.0. The van der Waals surface area contributed by atoms with Crippen molar-refractivity contribution in [1.29, 1.82) is 0 Å². The van der Waals surface area contributed by atoms with Crippen molar-refractivity contribution in [3.8, 4) is 11.5 Å². The molecule has 6 nitrogen and oxygen atoms in total. The Bertz CT molecular complexity index is 1020. The number of H-pyrrole nitrogens is 1. The molecule has 0 saturated carbocycles. The Morgan fingerprint density at radius 1 is 0.967 bits per heavy atom. The molecule has 6 heteroatoms. The molecular formula is C24H26N3O3+. The predicted octanol–water partition coefficient (Wildman–Crippen LogP) is 3.32. The van der Waals surface area contributed by atoms with Gasteiger partial charge in [-0.15, -0.1) is 0 Å². The lowest BCUT2D eigenvalue weighted by atomic mass is 10.1. The molecule has 4 N–H and O–H groups in total. The van der Waals surface area contributed by atoms with Crippen molar-refractivity contribution >= 4 is 11.8 Å². The van der Waals surface area contributed by atoms with Crippen LogP contribution in [-0.2, 0) is 12.8 Å².